The molecule has 1 atom stereocenters. The third-order valence-corrected chi connectivity index (χ3v) is 19.9. The SMILES string of the molecule is CC(C)(C)c1ccc(C(c2ccc(C(C)(C)C)cc2)(c2ccc(C(C)(C)C)cc2)c2ccc(C3(c4ccc(P(=O)(c5ccccc5)c5ccccc5)cc4)c4ccccc4-n4c5ccccc5c5cccc3c54)cc2)cc1. The molecule has 1 aliphatic rings. The van der Waals surface area contributed by atoms with E-state index >= 15 is 4.57 Å². The van der Waals surface area contributed by atoms with Crippen molar-refractivity contribution in [1.29, 1.82) is 0 Å². The Labute approximate surface area is 456 Å². The monoisotopic (exact) mass is 1020 g/mol. The summed E-state index contributed by atoms with van der Waals surface area (Å²) in [5.74, 6) is 0. The first-order chi connectivity index (χ1) is 37.0. The van der Waals surface area contributed by atoms with Gasteiger partial charge in [-0.2, -0.15) is 0 Å². The molecule has 0 radical (unpaired) electrons. The van der Waals surface area contributed by atoms with Crippen molar-refractivity contribution < 1.29 is 4.57 Å². The third-order valence-electron chi connectivity index (χ3n) is 16.9. The standard InChI is InChI=1S/C74H68NOP/c1-70(2,3)51-31-37-54(38-32-51)73(55-39-33-52(34-40-55)71(4,5)6,56-41-35-53(36-42-56)72(7,8)9)57-43-45-58(46-44-57)74(59-47-49-62(50-48-59)77(76,60-21-12-10-13-22-60)61-23-14-11-15-24-61)65-27-17-19-30-68(65)75-67-29-18-16-25-63(67)64-26-20-28-66(74)69(64)75/h10-50H,1-9H3. The summed E-state index contributed by atoms with van der Waals surface area (Å²) in [6.07, 6.45) is 0. The lowest BCUT2D eigenvalue weighted by atomic mass is 9.61. The molecule has 2 heterocycles. The minimum absolute atomic E-state index is 0.0110. The molecule has 12 rings (SSSR count). The molecule has 0 saturated carbocycles. The van der Waals surface area contributed by atoms with Crippen molar-refractivity contribution in [2.24, 2.45) is 0 Å². The van der Waals surface area contributed by atoms with Crippen LogP contribution < -0.4 is 15.9 Å². The Morgan fingerprint density at radius 1 is 0.325 bits per heavy atom. The van der Waals surface area contributed by atoms with Crippen molar-refractivity contribution >= 4 is 44.9 Å². The van der Waals surface area contributed by atoms with E-state index in [9.17, 15) is 0 Å². The number of hydrogen-bond acceptors (Lipinski definition) is 1. The second-order valence-corrected chi connectivity index (χ2v) is 27.2. The molecule has 1 unspecified atom stereocenters. The van der Waals surface area contributed by atoms with Crippen molar-refractivity contribution in [3.63, 3.8) is 0 Å². The molecule has 0 spiro atoms. The summed E-state index contributed by atoms with van der Waals surface area (Å²) in [4.78, 5) is 0. The summed E-state index contributed by atoms with van der Waals surface area (Å²) in [6, 6.07) is 91.6. The number of para-hydroxylation sites is 3. The van der Waals surface area contributed by atoms with Crippen molar-refractivity contribution in [3.05, 3.63) is 310 Å². The van der Waals surface area contributed by atoms with E-state index in [1.165, 1.54) is 71.9 Å². The maximum absolute atomic E-state index is 16.0. The highest BCUT2D eigenvalue weighted by molar-refractivity contribution is 7.85. The highest BCUT2D eigenvalue weighted by Crippen LogP contribution is 2.56. The van der Waals surface area contributed by atoms with Crippen LogP contribution in [0.5, 0.6) is 0 Å². The zero-order valence-corrected chi connectivity index (χ0v) is 46.9. The number of aromatic nitrogens is 1. The van der Waals surface area contributed by atoms with Crippen LogP contribution in [-0.4, -0.2) is 4.57 Å². The Hall–Kier alpha value is -7.77. The molecule has 10 aromatic carbocycles. The average Bonchev–Trinajstić information content (AvgIpc) is 3.78. The van der Waals surface area contributed by atoms with Crippen molar-refractivity contribution in [2.45, 2.75) is 89.4 Å². The molecule has 0 N–H and O–H groups in total. The average molecular weight is 1020 g/mol. The van der Waals surface area contributed by atoms with Gasteiger partial charge in [0.25, 0.3) is 0 Å². The molecule has 0 bridgehead atoms. The number of nitrogens with zero attached hydrogens (tertiary/aromatic N) is 1. The van der Waals surface area contributed by atoms with Crippen LogP contribution in [0.3, 0.4) is 0 Å². The molecule has 0 aliphatic carbocycles. The maximum atomic E-state index is 16.0. The van der Waals surface area contributed by atoms with Gasteiger partial charge in [-0.05, 0) is 89.6 Å². The Bertz CT molecular complexity index is 3810. The van der Waals surface area contributed by atoms with E-state index in [2.05, 4.69) is 255 Å². The minimum Gasteiger partial charge on any atom is -0.309 e. The molecule has 0 amide bonds. The lowest BCUT2D eigenvalue weighted by molar-refractivity contribution is 0.587. The molecule has 380 valence electrons. The first-order valence-electron chi connectivity index (χ1n) is 27.4. The highest BCUT2D eigenvalue weighted by Gasteiger charge is 2.47. The molecule has 0 saturated heterocycles. The van der Waals surface area contributed by atoms with E-state index in [0.29, 0.717) is 0 Å². The van der Waals surface area contributed by atoms with Gasteiger partial charge in [0.2, 0.25) is 0 Å². The summed E-state index contributed by atoms with van der Waals surface area (Å²) in [5, 5.41) is 4.89. The van der Waals surface area contributed by atoms with Gasteiger partial charge >= 0.3 is 0 Å². The number of fused-ring (bicyclic) bond motifs is 5. The Balaban J connectivity index is 1.15. The lowest BCUT2D eigenvalue weighted by Gasteiger charge is -2.42. The van der Waals surface area contributed by atoms with E-state index in [1.54, 1.807) is 0 Å². The molecular formula is C74H68NOP. The van der Waals surface area contributed by atoms with Gasteiger partial charge in [-0.15, -0.1) is 0 Å². The zero-order chi connectivity index (χ0) is 53.5. The van der Waals surface area contributed by atoms with Crippen molar-refractivity contribution in [2.75, 3.05) is 0 Å². The maximum Gasteiger partial charge on any atom is 0.171 e. The van der Waals surface area contributed by atoms with Crippen LogP contribution >= 0.6 is 7.14 Å². The summed E-state index contributed by atoms with van der Waals surface area (Å²) in [6.45, 7) is 20.6. The van der Waals surface area contributed by atoms with E-state index < -0.39 is 18.0 Å². The van der Waals surface area contributed by atoms with Gasteiger partial charge in [-0.3, -0.25) is 0 Å². The zero-order valence-electron chi connectivity index (χ0n) is 46.0. The Kier molecular flexibility index (Phi) is 12.0. The molecule has 2 nitrogen and oxygen atoms in total. The third kappa shape index (κ3) is 7.93. The molecule has 77 heavy (non-hydrogen) atoms. The van der Waals surface area contributed by atoms with Crippen LogP contribution in [0.25, 0.3) is 27.5 Å². The number of hydrogen-bond donors (Lipinski definition) is 0. The fourth-order valence-electron chi connectivity index (χ4n) is 12.8. The summed E-state index contributed by atoms with van der Waals surface area (Å²) in [5.41, 5.74) is 15.4. The van der Waals surface area contributed by atoms with Crippen LogP contribution in [0, 0.1) is 0 Å². The summed E-state index contributed by atoms with van der Waals surface area (Å²) in [7, 11) is -3.27. The fourth-order valence-corrected chi connectivity index (χ4v) is 15.4. The van der Waals surface area contributed by atoms with Crippen LogP contribution in [0.2, 0.25) is 0 Å². The first kappa shape index (κ1) is 50.1. The second kappa shape index (κ2) is 18.5. The molecular weight excluding hydrogens is 950 g/mol. The smallest absolute Gasteiger partial charge is 0.171 e. The fraction of sp³-hybridized carbons (Fsp3) is 0.189. The van der Waals surface area contributed by atoms with Crippen LogP contribution in [0.4, 0.5) is 0 Å². The lowest BCUT2D eigenvalue weighted by Crippen LogP contribution is -2.36. The Morgan fingerprint density at radius 3 is 1.14 bits per heavy atom. The van der Waals surface area contributed by atoms with E-state index in [1.807, 2.05) is 60.7 Å². The van der Waals surface area contributed by atoms with Gasteiger partial charge in [0.1, 0.15) is 0 Å². The van der Waals surface area contributed by atoms with E-state index in [4.69, 9.17) is 0 Å². The van der Waals surface area contributed by atoms with Gasteiger partial charge in [0, 0.05) is 26.7 Å². The minimum atomic E-state index is -3.27. The number of benzene rings is 10. The summed E-state index contributed by atoms with van der Waals surface area (Å²) >= 11 is 0. The van der Waals surface area contributed by atoms with Crippen LogP contribution in [0.15, 0.2) is 249 Å². The van der Waals surface area contributed by atoms with E-state index in [0.717, 1.165) is 32.7 Å². The molecule has 3 heteroatoms. The second-order valence-electron chi connectivity index (χ2n) is 24.5. The highest BCUT2D eigenvalue weighted by atomic mass is 31.2. The van der Waals surface area contributed by atoms with Gasteiger partial charge in [-0.1, -0.05) is 299 Å². The largest absolute Gasteiger partial charge is 0.309 e. The molecule has 1 aromatic heterocycles. The number of rotatable bonds is 9. The van der Waals surface area contributed by atoms with E-state index in [-0.39, 0.29) is 16.2 Å². The Morgan fingerprint density at radius 2 is 0.675 bits per heavy atom. The van der Waals surface area contributed by atoms with Gasteiger partial charge in [-0.25, -0.2) is 0 Å². The summed E-state index contributed by atoms with van der Waals surface area (Å²) < 4.78 is 18.4. The van der Waals surface area contributed by atoms with Crippen molar-refractivity contribution in [1.82, 2.24) is 4.57 Å². The van der Waals surface area contributed by atoms with Crippen LogP contribution in [-0.2, 0) is 31.6 Å². The predicted molar refractivity (Wildman–Crippen MR) is 326 cm³/mol. The molecule has 0 fully saturated rings. The van der Waals surface area contributed by atoms with Gasteiger partial charge < -0.3 is 9.13 Å². The van der Waals surface area contributed by atoms with Gasteiger partial charge in [0.05, 0.1) is 27.6 Å². The quantitative estimate of drug-likeness (QED) is 0.104. The topological polar surface area (TPSA) is 22.0 Å². The first-order valence-corrected chi connectivity index (χ1v) is 29.1. The predicted octanol–water partition coefficient (Wildman–Crippen LogP) is 17.4. The van der Waals surface area contributed by atoms with Crippen molar-refractivity contribution in [3.8, 4) is 5.69 Å². The van der Waals surface area contributed by atoms with Gasteiger partial charge in [0.15, 0.2) is 7.14 Å². The normalized spacial score (nSPS) is 14.9. The molecule has 11 aromatic rings. The van der Waals surface area contributed by atoms with Crippen LogP contribution in [0.1, 0.15) is 124 Å². The molecule has 1 aliphatic heterocycles.